The van der Waals surface area contributed by atoms with Gasteiger partial charge in [-0.3, -0.25) is 29.0 Å². The van der Waals surface area contributed by atoms with E-state index in [9.17, 15) is 0 Å². The van der Waals surface area contributed by atoms with Crippen LogP contribution in [0.1, 0.15) is 166 Å². The summed E-state index contributed by atoms with van der Waals surface area (Å²) < 4.78 is 16.2. The average molecular weight is 974 g/mol. The normalized spacial score (nSPS) is 18.9. The molecule has 4 aromatic carbocycles. The molecule has 2 saturated heterocycles. The molecule has 2 saturated carbocycles. The number of urea groups is 2. The lowest BCUT2D eigenvalue weighted by molar-refractivity contribution is -0.145. The highest BCUT2D eigenvalue weighted by atomic mass is 35.5. The van der Waals surface area contributed by atoms with E-state index < -0.39 is 64.7 Å². The first kappa shape index (κ1) is 50.3. The van der Waals surface area contributed by atoms with Crippen LogP contribution in [0.15, 0.2) is 84.9 Å². The minimum atomic E-state index is -2.18. The van der Waals surface area contributed by atoms with E-state index >= 15 is 33.2 Å². The van der Waals surface area contributed by atoms with Crippen molar-refractivity contribution in [2.24, 2.45) is 0 Å². The summed E-state index contributed by atoms with van der Waals surface area (Å²) in [6, 6.07) is 17.4. The van der Waals surface area contributed by atoms with E-state index in [-0.39, 0.29) is 65.8 Å². The number of benzene rings is 4. The van der Waals surface area contributed by atoms with Crippen molar-refractivity contribution in [3.63, 3.8) is 0 Å². The number of nitrogens with zero attached hydrogens (tertiary/aromatic N) is 4. The molecule has 2 heterocycles. The molecule has 14 heteroatoms. The van der Waals surface area contributed by atoms with Crippen molar-refractivity contribution in [3.05, 3.63) is 118 Å². The van der Waals surface area contributed by atoms with E-state index in [1.807, 2.05) is 91.8 Å². The van der Waals surface area contributed by atoms with Crippen LogP contribution in [0.4, 0.5) is 36.7 Å². The van der Waals surface area contributed by atoms with Gasteiger partial charge in [0.05, 0.1) is 16.4 Å². The van der Waals surface area contributed by atoms with Gasteiger partial charge in [-0.1, -0.05) is 166 Å². The van der Waals surface area contributed by atoms with Crippen LogP contribution in [0.3, 0.4) is 0 Å². The fourth-order valence-electron chi connectivity index (χ4n) is 11.6. The third-order valence-corrected chi connectivity index (χ3v) is 15.4. The van der Waals surface area contributed by atoms with E-state index in [1.54, 1.807) is 30.3 Å². The number of nitrogens with one attached hydrogen (secondary N) is 2. The number of carbonyl (C=O) groups excluding carboxylic acids is 6. The molecule has 12 nitrogen and oxygen atoms in total. The van der Waals surface area contributed by atoms with Crippen molar-refractivity contribution in [1.29, 1.82) is 0 Å². The summed E-state index contributed by atoms with van der Waals surface area (Å²) in [5.41, 5.74) is 0.765. The number of amides is 8. The second-order valence-electron chi connectivity index (χ2n) is 20.8. The van der Waals surface area contributed by atoms with Gasteiger partial charge in [0.1, 0.15) is 16.9 Å². The molecule has 70 heavy (non-hydrogen) atoms. The lowest BCUT2D eigenvalue weighted by Gasteiger charge is -2.39. The van der Waals surface area contributed by atoms with E-state index in [0.29, 0.717) is 37.1 Å². The molecule has 2 aliphatic carbocycles. The van der Waals surface area contributed by atoms with Crippen molar-refractivity contribution in [3.8, 4) is 0 Å². The van der Waals surface area contributed by atoms with Crippen molar-refractivity contribution >= 4 is 70.0 Å². The topological polar surface area (TPSA) is 139 Å². The molecule has 4 aromatic rings. The Morgan fingerprint density at radius 2 is 0.843 bits per heavy atom. The zero-order valence-corrected chi connectivity index (χ0v) is 42.4. The Balaban J connectivity index is 1.43. The Morgan fingerprint density at radius 3 is 1.20 bits per heavy atom. The van der Waals surface area contributed by atoms with Gasteiger partial charge in [0, 0.05) is 11.4 Å². The lowest BCUT2D eigenvalue weighted by Crippen LogP contribution is -2.65. The van der Waals surface area contributed by atoms with Gasteiger partial charge >= 0.3 is 12.1 Å². The molecule has 4 aliphatic rings. The van der Waals surface area contributed by atoms with Gasteiger partial charge in [-0.25, -0.2) is 23.8 Å². The van der Waals surface area contributed by atoms with Crippen LogP contribution < -0.4 is 20.4 Å². The van der Waals surface area contributed by atoms with Crippen LogP contribution in [-0.2, 0) is 19.2 Å². The summed E-state index contributed by atoms with van der Waals surface area (Å²) in [4.78, 5) is 100. The number of anilines is 4. The molecule has 370 valence electrons. The van der Waals surface area contributed by atoms with Crippen molar-refractivity contribution < 1.29 is 33.2 Å². The molecule has 0 bridgehead atoms. The Bertz CT molecular complexity index is 2470. The highest BCUT2D eigenvalue weighted by Crippen LogP contribution is 2.49. The molecule has 4 fully saturated rings. The number of halogens is 2. The molecule has 0 radical (unpaired) electrons. The fraction of sp³-hybridized carbons (Fsp3) is 0.464. The number of carbonyl (C=O) groups is 6. The highest BCUT2D eigenvalue weighted by Gasteiger charge is 2.67. The maximum absolute atomic E-state index is 16.2. The van der Waals surface area contributed by atoms with Crippen LogP contribution in [0.5, 0.6) is 0 Å². The summed E-state index contributed by atoms with van der Waals surface area (Å²) in [6.45, 7) is 15.8. The molecule has 2 spiro atoms. The maximum atomic E-state index is 16.2. The van der Waals surface area contributed by atoms with Crippen molar-refractivity contribution in [2.75, 3.05) is 20.4 Å². The Hall–Kier alpha value is -6.08. The number of hydrogen-bond acceptors (Lipinski definition) is 6. The number of imide groups is 2. The minimum Gasteiger partial charge on any atom is -0.324 e. The van der Waals surface area contributed by atoms with Gasteiger partial charge in [0.25, 0.3) is 11.8 Å². The zero-order valence-electron chi connectivity index (χ0n) is 41.6. The molecule has 0 aromatic heterocycles. The van der Waals surface area contributed by atoms with Gasteiger partial charge < -0.3 is 10.6 Å². The monoisotopic (exact) mass is 972 g/mol. The molecule has 2 atom stereocenters. The molecular formula is C56H66ClFN6O6. The van der Waals surface area contributed by atoms with E-state index in [2.05, 4.69) is 10.6 Å². The quantitative estimate of drug-likeness (QED) is 0.128. The first-order chi connectivity index (χ1) is 33.4. The van der Waals surface area contributed by atoms with Crippen molar-refractivity contribution in [1.82, 2.24) is 9.80 Å². The predicted molar refractivity (Wildman–Crippen MR) is 273 cm³/mol. The predicted octanol–water partition coefficient (Wildman–Crippen LogP) is 12.6. The van der Waals surface area contributed by atoms with Crippen LogP contribution in [0.25, 0.3) is 0 Å². The summed E-state index contributed by atoms with van der Waals surface area (Å²) in [7, 11) is 0. The van der Waals surface area contributed by atoms with Gasteiger partial charge in [-0.2, -0.15) is 0 Å². The second-order valence-corrected chi connectivity index (χ2v) is 21.2. The smallest absolute Gasteiger partial charge is 0.324 e. The maximum Gasteiger partial charge on any atom is 0.333 e. The molecule has 8 amide bonds. The van der Waals surface area contributed by atoms with Crippen LogP contribution >= 0.6 is 11.6 Å². The van der Waals surface area contributed by atoms with E-state index in [1.165, 1.54) is 23.1 Å². The molecule has 2 N–H and O–H groups in total. The Kier molecular flexibility index (Phi) is 14.4. The fourth-order valence-corrected chi connectivity index (χ4v) is 11.8. The van der Waals surface area contributed by atoms with Crippen LogP contribution in [0, 0.1) is 5.82 Å². The third kappa shape index (κ3) is 8.55. The standard InChI is InChI=1S/C56H66ClFN6O6/c1-33(2)37-21-19-22-38(34(3)4)45(37)59-49(65)47(61-51(67)55(29-15-9-16-30-55)63(53(61)69)43-27-13-11-25-41(43)57)48(50(66)60-46-39(35(5)6)23-20-24-40(46)36(7)8)62-52(68)56(31-17-10-18-32-56)64(54(62)70)44-28-14-12-26-42(44)58/h11-14,19-28,33-36,47-48H,9-10,15-18,29-32H2,1-8H3,(H,59,65)(H,60,66). The van der Waals surface area contributed by atoms with Gasteiger partial charge in [-0.05, 0) is 95.9 Å². The molecular weight excluding hydrogens is 907 g/mol. The van der Waals surface area contributed by atoms with Crippen LogP contribution in [0.2, 0.25) is 5.02 Å². The highest BCUT2D eigenvalue weighted by molar-refractivity contribution is 6.35. The molecule has 2 unspecified atom stereocenters. The van der Waals surface area contributed by atoms with Crippen LogP contribution in [-0.4, -0.2) is 68.7 Å². The third-order valence-electron chi connectivity index (χ3n) is 15.1. The zero-order chi connectivity index (χ0) is 50.4. The average Bonchev–Trinajstić information content (AvgIpc) is 3.64. The Morgan fingerprint density at radius 1 is 0.500 bits per heavy atom. The summed E-state index contributed by atoms with van der Waals surface area (Å²) >= 11 is 6.91. The summed E-state index contributed by atoms with van der Waals surface area (Å²) in [5, 5.41) is 6.42. The van der Waals surface area contributed by atoms with E-state index in [0.717, 1.165) is 49.8 Å². The molecule has 8 rings (SSSR count). The Labute approximate surface area is 416 Å². The largest absolute Gasteiger partial charge is 0.333 e. The lowest BCUT2D eigenvalue weighted by atomic mass is 9.79. The van der Waals surface area contributed by atoms with E-state index in [4.69, 9.17) is 11.6 Å². The summed E-state index contributed by atoms with van der Waals surface area (Å²) in [5.74, 6) is -4.76. The summed E-state index contributed by atoms with van der Waals surface area (Å²) in [6.07, 6.45) is 4.45. The number of hydrogen-bond donors (Lipinski definition) is 2. The van der Waals surface area contributed by atoms with Gasteiger partial charge in [-0.15, -0.1) is 0 Å². The van der Waals surface area contributed by atoms with Gasteiger partial charge in [0.15, 0.2) is 12.1 Å². The SMILES string of the molecule is CC(C)c1cccc(C(C)C)c1NC(=O)C(C(C(=O)Nc1c(C(C)C)cccc1C(C)C)N1C(=O)N(c2ccccc2Cl)C2(CCCCC2)C1=O)N1C(=O)N(c2ccccc2F)C2(CCCCC2)C1=O. The number of para-hydroxylation sites is 4. The first-order valence-electron chi connectivity index (χ1n) is 25.1. The van der Waals surface area contributed by atoms with Crippen molar-refractivity contribution in [2.45, 2.75) is 166 Å². The second kappa shape index (κ2) is 20.0. The minimum absolute atomic E-state index is 0.118. The molecule has 2 aliphatic heterocycles. The van der Waals surface area contributed by atoms with Gasteiger partial charge in [0.2, 0.25) is 11.8 Å². The number of rotatable bonds is 13. The first-order valence-corrected chi connectivity index (χ1v) is 25.5.